The van der Waals surface area contributed by atoms with E-state index in [0.717, 1.165) is 5.56 Å². The van der Waals surface area contributed by atoms with E-state index in [9.17, 15) is 9.59 Å². The van der Waals surface area contributed by atoms with E-state index in [4.69, 9.17) is 5.73 Å². The fourth-order valence-electron chi connectivity index (χ4n) is 2.74. The van der Waals surface area contributed by atoms with Crippen LogP contribution in [0.4, 0.5) is 5.69 Å². The number of carbonyl (C=O) groups is 2. The molecule has 0 radical (unpaired) electrons. The zero-order valence-corrected chi connectivity index (χ0v) is 14.4. The van der Waals surface area contributed by atoms with E-state index in [1.165, 1.54) is 4.90 Å². The lowest BCUT2D eigenvalue weighted by molar-refractivity contribution is -0.128. The maximum Gasteiger partial charge on any atom is 0.276 e. The highest BCUT2D eigenvalue weighted by Crippen LogP contribution is 2.34. The quantitative estimate of drug-likeness (QED) is 0.871. The molecule has 3 N–H and O–H groups in total. The summed E-state index contributed by atoms with van der Waals surface area (Å²) in [4.78, 5) is 30.2. The Hall–Kier alpha value is -3.16. The van der Waals surface area contributed by atoms with Gasteiger partial charge in [-0.15, -0.1) is 0 Å². The summed E-state index contributed by atoms with van der Waals surface area (Å²) in [5.41, 5.74) is 6.83. The van der Waals surface area contributed by atoms with Crippen molar-refractivity contribution in [3.8, 4) is 0 Å². The SMILES string of the molecule is CN1C(=O)C[C@@](C)(c2cccc(NC(=O)c3ccn(C)n3)c2)N=C1N. The molecule has 0 fully saturated rings. The van der Waals surface area contributed by atoms with Crippen LogP contribution in [0.1, 0.15) is 29.4 Å². The minimum absolute atomic E-state index is 0.0991. The van der Waals surface area contributed by atoms with Gasteiger partial charge in [-0.2, -0.15) is 5.10 Å². The van der Waals surface area contributed by atoms with Crippen molar-refractivity contribution >= 4 is 23.5 Å². The van der Waals surface area contributed by atoms with E-state index in [2.05, 4.69) is 15.4 Å². The third-order valence-corrected chi connectivity index (χ3v) is 4.26. The van der Waals surface area contributed by atoms with Crippen molar-refractivity contribution < 1.29 is 9.59 Å². The Morgan fingerprint density at radius 2 is 2.08 bits per heavy atom. The van der Waals surface area contributed by atoms with Crippen LogP contribution in [-0.2, 0) is 17.4 Å². The molecule has 1 atom stereocenters. The highest BCUT2D eigenvalue weighted by molar-refractivity contribution is 6.03. The van der Waals surface area contributed by atoms with Crippen molar-refractivity contribution in [2.45, 2.75) is 18.9 Å². The van der Waals surface area contributed by atoms with Crippen LogP contribution in [0, 0.1) is 0 Å². The molecule has 2 aromatic rings. The Morgan fingerprint density at radius 1 is 1.32 bits per heavy atom. The van der Waals surface area contributed by atoms with Crippen LogP contribution in [0.2, 0.25) is 0 Å². The Kier molecular flexibility index (Phi) is 4.03. The van der Waals surface area contributed by atoms with Gasteiger partial charge in [-0.3, -0.25) is 19.2 Å². The van der Waals surface area contributed by atoms with Gasteiger partial charge in [0.1, 0.15) is 0 Å². The van der Waals surface area contributed by atoms with Gasteiger partial charge < -0.3 is 11.1 Å². The molecule has 1 aliphatic rings. The Balaban J connectivity index is 1.87. The van der Waals surface area contributed by atoms with Crippen LogP contribution in [0.15, 0.2) is 41.5 Å². The molecule has 1 aromatic heterocycles. The van der Waals surface area contributed by atoms with Crippen molar-refractivity contribution in [3.63, 3.8) is 0 Å². The van der Waals surface area contributed by atoms with Gasteiger partial charge in [0.25, 0.3) is 5.91 Å². The minimum atomic E-state index is -0.764. The summed E-state index contributed by atoms with van der Waals surface area (Å²) in [7, 11) is 3.35. The van der Waals surface area contributed by atoms with Crippen molar-refractivity contribution in [2.75, 3.05) is 12.4 Å². The molecule has 0 saturated heterocycles. The van der Waals surface area contributed by atoms with E-state index in [0.29, 0.717) is 11.4 Å². The topological polar surface area (TPSA) is 106 Å². The number of anilines is 1. The number of aromatic nitrogens is 2. The molecule has 1 aromatic carbocycles. The van der Waals surface area contributed by atoms with Gasteiger partial charge in [-0.05, 0) is 30.7 Å². The van der Waals surface area contributed by atoms with Crippen molar-refractivity contribution in [1.29, 1.82) is 0 Å². The summed E-state index contributed by atoms with van der Waals surface area (Å²) in [5, 5.41) is 6.89. The average molecular weight is 340 g/mol. The summed E-state index contributed by atoms with van der Waals surface area (Å²) in [5.74, 6) is -0.218. The molecule has 0 saturated carbocycles. The standard InChI is InChI=1S/C17H20N6O2/c1-17(10-14(24)23(3)16(18)20-17)11-5-4-6-12(9-11)19-15(25)13-7-8-22(2)21-13/h4-9H,10H2,1-3H3,(H2,18,20)(H,19,25)/t17-/m0/s1. The number of carbonyl (C=O) groups excluding carboxylic acids is 2. The lowest BCUT2D eigenvalue weighted by atomic mass is 9.87. The van der Waals surface area contributed by atoms with E-state index >= 15 is 0 Å². The number of hydrogen-bond acceptors (Lipinski definition) is 5. The average Bonchev–Trinajstić information content (AvgIpc) is 2.99. The molecule has 2 heterocycles. The number of nitrogens with two attached hydrogens (primary N) is 1. The van der Waals surface area contributed by atoms with Gasteiger partial charge in [0.15, 0.2) is 11.7 Å². The molecule has 2 amide bonds. The van der Waals surface area contributed by atoms with Gasteiger partial charge in [0.05, 0.1) is 12.0 Å². The van der Waals surface area contributed by atoms with E-state index in [1.807, 2.05) is 19.1 Å². The van der Waals surface area contributed by atoms with Gasteiger partial charge in [-0.25, -0.2) is 4.99 Å². The second kappa shape index (κ2) is 6.04. The molecule has 8 heteroatoms. The molecule has 0 unspecified atom stereocenters. The molecule has 0 spiro atoms. The third kappa shape index (κ3) is 3.23. The molecule has 1 aliphatic heterocycles. The summed E-state index contributed by atoms with van der Waals surface area (Å²) in [6.07, 6.45) is 1.91. The molecule has 25 heavy (non-hydrogen) atoms. The van der Waals surface area contributed by atoms with Gasteiger partial charge >= 0.3 is 0 Å². The monoisotopic (exact) mass is 340 g/mol. The fraction of sp³-hybridized carbons (Fsp3) is 0.294. The molecule has 8 nitrogen and oxygen atoms in total. The van der Waals surface area contributed by atoms with Gasteiger partial charge in [0.2, 0.25) is 5.91 Å². The zero-order valence-electron chi connectivity index (χ0n) is 14.4. The second-order valence-electron chi connectivity index (χ2n) is 6.28. The first kappa shape index (κ1) is 16.7. The lowest BCUT2D eigenvalue weighted by Gasteiger charge is -2.33. The van der Waals surface area contributed by atoms with Crippen molar-refractivity contribution in [1.82, 2.24) is 14.7 Å². The number of rotatable bonds is 3. The van der Waals surface area contributed by atoms with Gasteiger partial charge in [0, 0.05) is 26.0 Å². The number of amides is 2. The zero-order chi connectivity index (χ0) is 18.2. The van der Waals surface area contributed by atoms with Crippen LogP contribution in [-0.4, -0.2) is 39.5 Å². The first-order valence-corrected chi connectivity index (χ1v) is 7.82. The number of nitrogens with zero attached hydrogens (tertiary/aromatic N) is 4. The molecular formula is C17H20N6O2. The van der Waals surface area contributed by atoms with Gasteiger partial charge in [-0.1, -0.05) is 12.1 Å². The first-order valence-electron chi connectivity index (χ1n) is 7.82. The molecule has 0 aliphatic carbocycles. The lowest BCUT2D eigenvalue weighted by Crippen LogP contribution is -2.47. The normalized spacial score (nSPS) is 20.4. The van der Waals surface area contributed by atoms with E-state index < -0.39 is 5.54 Å². The maximum atomic E-state index is 12.2. The molecule has 0 bridgehead atoms. The number of benzene rings is 1. The predicted molar refractivity (Wildman–Crippen MR) is 94.0 cm³/mol. The Bertz CT molecular complexity index is 872. The molecular weight excluding hydrogens is 320 g/mol. The van der Waals surface area contributed by atoms with Crippen LogP contribution in [0.5, 0.6) is 0 Å². The van der Waals surface area contributed by atoms with Crippen LogP contribution >= 0.6 is 0 Å². The predicted octanol–water partition coefficient (Wildman–Crippen LogP) is 1.06. The Labute approximate surface area is 145 Å². The summed E-state index contributed by atoms with van der Waals surface area (Å²) in [6.45, 7) is 1.85. The van der Waals surface area contributed by atoms with E-state index in [-0.39, 0.29) is 24.2 Å². The highest BCUT2D eigenvalue weighted by atomic mass is 16.2. The van der Waals surface area contributed by atoms with E-state index in [1.54, 1.807) is 43.2 Å². The van der Waals surface area contributed by atoms with Crippen molar-refractivity contribution in [2.24, 2.45) is 17.8 Å². The first-order chi connectivity index (χ1) is 11.8. The van der Waals surface area contributed by atoms with Crippen molar-refractivity contribution in [3.05, 3.63) is 47.8 Å². The third-order valence-electron chi connectivity index (χ3n) is 4.26. The maximum absolute atomic E-state index is 12.2. The number of nitrogens with one attached hydrogen (secondary N) is 1. The number of guanidine groups is 1. The number of aliphatic imine (C=N–C) groups is 1. The smallest absolute Gasteiger partial charge is 0.276 e. The largest absolute Gasteiger partial charge is 0.369 e. The highest BCUT2D eigenvalue weighted by Gasteiger charge is 2.36. The number of aryl methyl sites for hydroxylation is 1. The molecule has 3 rings (SSSR count). The summed E-state index contributed by atoms with van der Waals surface area (Å²) >= 11 is 0. The Morgan fingerprint density at radius 3 is 2.72 bits per heavy atom. The molecule has 130 valence electrons. The number of hydrogen-bond donors (Lipinski definition) is 2. The van der Waals surface area contributed by atoms with Crippen LogP contribution in [0.3, 0.4) is 0 Å². The van der Waals surface area contributed by atoms with Crippen LogP contribution in [0.25, 0.3) is 0 Å². The summed E-state index contributed by atoms with van der Waals surface area (Å²) < 4.78 is 1.56. The second-order valence-corrected chi connectivity index (χ2v) is 6.28. The van der Waals surface area contributed by atoms with Crippen LogP contribution < -0.4 is 11.1 Å². The fourth-order valence-corrected chi connectivity index (χ4v) is 2.74. The summed E-state index contributed by atoms with van der Waals surface area (Å²) in [6, 6.07) is 8.89. The minimum Gasteiger partial charge on any atom is -0.369 e.